The number of sulfone groups is 2. The van der Waals surface area contributed by atoms with Gasteiger partial charge in [0.25, 0.3) is 0 Å². The maximum absolute atomic E-state index is 12.9. The van der Waals surface area contributed by atoms with Gasteiger partial charge in [0.15, 0.2) is 19.7 Å². The van der Waals surface area contributed by atoms with Crippen LogP contribution in [0.5, 0.6) is 0 Å². The molecule has 0 radical (unpaired) electrons. The molecule has 2 saturated heterocycles. The van der Waals surface area contributed by atoms with Gasteiger partial charge in [0, 0.05) is 19.0 Å². The predicted octanol–water partition coefficient (Wildman–Crippen LogP) is -0.467. The highest BCUT2D eigenvalue weighted by molar-refractivity contribution is 7.96. The summed E-state index contributed by atoms with van der Waals surface area (Å²) >= 11 is 0. The first kappa shape index (κ1) is 21.2. The molecule has 3 rings (SSSR count). The molecule has 1 atom stereocenters. The number of amides is 1. The van der Waals surface area contributed by atoms with Crippen molar-refractivity contribution in [1.82, 2.24) is 4.31 Å². The Balaban J connectivity index is 1.86. The van der Waals surface area contributed by atoms with Gasteiger partial charge >= 0.3 is 0 Å². The minimum atomic E-state index is -3.97. The van der Waals surface area contributed by atoms with E-state index in [2.05, 4.69) is 0 Å². The van der Waals surface area contributed by atoms with Gasteiger partial charge in [0.1, 0.15) is 0 Å². The van der Waals surface area contributed by atoms with E-state index < -0.39 is 46.6 Å². The molecule has 1 amide bonds. The number of carbonyl (C=O) groups is 1. The van der Waals surface area contributed by atoms with Crippen molar-refractivity contribution in [2.75, 3.05) is 24.6 Å². The Morgan fingerprint density at radius 1 is 1.04 bits per heavy atom. The number of nitrogens with two attached hydrogens (primary N) is 1. The molecule has 0 aromatic heterocycles. The first-order valence-corrected chi connectivity index (χ1v) is 13.6. The molecule has 1 unspecified atom stereocenters. The van der Waals surface area contributed by atoms with Gasteiger partial charge in [-0.1, -0.05) is 6.07 Å². The number of sulfonamides is 1. The van der Waals surface area contributed by atoms with E-state index in [0.29, 0.717) is 12.8 Å². The van der Waals surface area contributed by atoms with E-state index in [-0.39, 0.29) is 41.0 Å². The molecule has 156 valence electrons. The van der Waals surface area contributed by atoms with Gasteiger partial charge in [-0.3, -0.25) is 4.79 Å². The zero-order valence-electron chi connectivity index (χ0n) is 15.0. The number of benzene rings is 1. The number of hydrogen-bond acceptors (Lipinski definition) is 7. The summed E-state index contributed by atoms with van der Waals surface area (Å²) < 4.78 is 75.8. The normalized spacial score (nSPS) is 24.2. The van der Waals surface area contributed by atoms with Crippen molar-refractivity contribution in [1.29, 1.82) is 0 Å². The average molecular weight is 451 g/mol. The molecule has 28 heavy (non-hydrogen) atoms. The van der Waals surface area contributed by atoms with Gasteiger partial charge in [-0.25, -0.2) is 25.3 Å². The van der Waals surface area contributed by atoms with Gasteiger partial charge in [-0.15, -0.1) is 0 Å². The van der Waals surface area contributed by atoms with E-state index >= 15 is 0 Å². The highest BCUT2D eigenvalue weighted by Crippen LogP contribution is 2.29. The number of primary amides is 1. The third kappa shape index (κ3) is 4.09. The van der Waals surface area contributed by atoms with Crippen LogP contribution in [0.25, 0.3) is 0 Å². The largest absolute Gasteiger partial charge is 0.369 e. The van der Waals surface area contributed by atoms with Crippen LogP contribution in [0.2, 0.25) is 0 Å². The van der Waals surface area contributed by atoms with Gasteiger partial charge in [-0.2, -0.15) is 4.31 Å². The Labute approximate surface area is 164 Å². The summed E-state index contributed by atoms with van der Waals surface area (Å²) in [4.78, 5) is 10.9. The average Bonchev–Trinajstić information content (AvgIpc) is 3.02. The number of carbonyl (C=O) groups excluding carboxylic acids is 1. The summed E-state index contributed by atoms with van der Waals surface area (Å²) in [6.07, 6.45) is 0.626. The minimum absolute atomic E-state index is 0.00226. The Morgan fingerprint density at radius 3 is 2.18 bits per heavy atom. The molecule has 2 aliphatic heterocycles. The highest BCUT2D eigenvalue weighted by atomic mass is 32.2. The van der Waals surface area contributed by atoms with Crippen LogP contribution in [0, 0.1) is 5.92 Å². The summed E-state index contributed by atoms with van der Waals surface area (Å²) in [6.45, 7) is 0.238. The van der Waals surface area contributed by atoms with Crippen LogP contribution in [0.3, 0.4) is 0 Å². The number of rotatable bonds is 5. The van der Waals surface area contributed by atoms with Crippen LogP contribution < -0.4 is 5.73 Å². The fraction of sp³-hybridized carbons (Fsp3) is 0.562. The molecule has 2 N–H and O–H groups in total. The third-order valence-electron chi connectivity index (χ3n) is 5.26. The van der Waals surface area contributed by atoms with Gasteiger partial charge in [-0.05, 0) is 37.5 Å². The first-order chi connectivity index (χ1) is 12.9. The van der Waals surface area contributed by atoms with E-state index in [1.165, 1.54) is 22.5 Å². The lowest BCUT2D eigenvalue weighted by molar-refractivity contribution is -0.122. The smallest absolute Gasteiger partial charge is 0.243 e. The summed E-state index contributed by atoms with van der Waals surface area (Å²) in [5.74, 6) is -1.48. The van der Waals surface area contributed by atoms with Crippen molar-refractivity contribution in [2.45, 2.75) is 34.3 Å². The maximum Gasteiger partial charge on any atom is 0.243 e. The number of hydrogen-bond donors (Lipinski definition) is 1. The van der Waals surface area contributed by atoms with E-state index in [9.17, 15) is 30.0 Å². The second kappa shape index (κ2) is 7.39. The monoisotopic (exact) mass is 450 g/mol. The SMILES string of the molecule is NC(=O)C1CCN(S(=O)(=O)c2cccc(S(=O)(=O)C3CCS(=O)(=O)C3)c2)CC1. The number of nitrogens with zero attached hydrogens (tertiary/aromatic N) is 1. The molecule has 12 heteroatoms. The van der Waals surface area contributed by atoms with E-state index in [1.54, 1.807) is 0 Å². The molecule has 0 aliphatic carbocycles. The lowest BCUT2D eigenvalue weighted by Gasteiger charge is -2.29. The maximum atomic E-state index is 12.9. The molecule has 2 aliphatic rings. The number of piperidine rings is 1. The summed E-state index contributed by atoms with van der Waals surface area (Å²) in [5.41, 5.74) is 5.26. The Hall–Kier alpha value is -1.50. The fourth-order valence-corrected chi connectivity index (χ4v) is 9.53. The summed E-state index contributed by atoms with van der Waals surface area (Å²) in [5, 5.41) is -1.07. The van der Waals surface area contributed by atoms with E-state index in [1.807, 2.05) is 0 Å². The Kier molecular flexibility index (Phi) is 5.60. The van der Waals surface area contributed by atoms with Crippen molar-refractivity contribution in [3.05, 3.63) is 24.3 Å². The van der Waals surface area contributed by atoms with Crippen molar-refractivity contribution >= 4 is 35.6 Å². The van der Waals surface area contributed by atoms with Crippen molar-refractivity contribution < 1.29 is 30.0 Å². The predicted molar refractivity (Wildman–Crippen MR) is 101 cm³/mol. The third-order valence-corrected chi connectivity index (χ3v) is 11.3. The van der Waals surface area contributed by atoms with Crippen LogP contribution in [0.1, 0.15) is 19.3 Å². The molecule has 0 saturated carbocycles. The van der Waals surface area contributed by atoms with Crippen LogP contribution in [0.4, 0.5) is 0 Å². The van der Waals surface area contributed by atoms with Crippen molar-refractivity contribution in [3.63, 3.8) is 0 Å². The second-order valence-electron chi connectivity index (χ2n) is 7.13. The Bertz CT molecular complexity index is 1090. The van der Waals surface area contributed by atoms with Crippen LogP contribution >= 0.6 is 0 Å². The zero-order valence-corrected chi connectivity index (χ0v) is 17.5. The van der Waals surface area contributed by atoms with E-state index in [0.717, 1.165) is 6.07 Å². The first-order valence-electron chi connectivity index (χ1n) is 8.77. The minimum Gasteiger partial charge on any atom is -0.369 e. The summed E-state index contributed by atoms with van der Waals surface area (Å²) in [7, 11) is -11.3. The molecule has 1 aromatic rings. The van der Waals surface area contributed by atoms with Gasteiger partial charge < -0.3 is 5.73 Å². The van der Waals surface area contributed by atoms with Gasteiger partial charge in [0.05, 0.1) is 26.5 Å². The van der Waals surface area contributed by atoms with Crippen LogP contribution in [-0.2, 0) is 34.5 Å². The zero-order chi connectivity index (χ0) is 20.7. The van der Waals surface area contributed by atoms with Gasteiger partial charge in [0.2, 0.25) is 15.9 Å². The molecular formula is C16H22N2O7S3. The molecule has 2 heterocycles. The quantitative estimate of drug-likeness (QED) is 0.637. The highest BCUT2D eigenvalue weighted by Gasteiger charge is 2.39. The second-order valence-corrected chi connectivity index (χ2v) is 13.5. The van der Waals surface area contributed by atoms with Crippen LogP contribution in [0.15, 0.2) is 34.1 Å². The van der Waals surface area contributed by atoms with Crippen molar-refractivity contribution in [2.24, 2.45) is 11.7 Å². The Morgan fingerprint density at radius 2 is 1.64 bits per heavy atom. The summed E-state index contributed by atoms with van der Waals surface area (Å²) in [6, 6.07) is 4.99. The lowest BCUT2D eigenvalue weighted by atomic mass is 9.98. The molecular weight excluding hydrogens is 428 g/mol. The van der Waals surface area contributed by atoms with Crippen LogP contribution in [-0.4, -0.2) is 65.3 Å². The topological polar surface area (TPSA) is 149 Å². The molecule has 0 spiro atoms. The van der Waals surface area contributed by atoms with Crippen molar-refractivity contribution in [3.8, 4) is 0 Å². The molecule has 2 fully saturated rings. The fourth-order valence-electron chi connectivity index (χ4n) is 3.54. The van der Waals surface area contributed by atoms with E-state index in [4.69, 9.17) is 5.73 Å². The molecule has 1 aromatic carbocycles. The standard InChI is InChI=1S/C16H22N2O7S3/c17-16(19)12-4-7-18(8-5-12)28(24,25)14-3-1-2-13(10-14)27(22,23)15-6-9-26(20,21)11-15/h1-3,10,12,15H,4-9,11H2,(H2,17,19). The molecule has 9 nitrogen and oxygen atoms in total. The molecule has 0 bridgehead atoms. The lowest BCUT2D eigenvalue weighted by Crippen LogP contribution is -2.41.